The van der Waals surface area contributed by atoms with Gasteiger partial charge in [-0.05, 0) is 61.4 Å². The number of carbonyl (C=O) groups excluding carboxylic acids is 3. The highest BCUT2D eigenvalue weighted by Gasteiger charge is 2.35. The molecule has 0 saturated carbocycles. The standard InChI is InChI=1S/C25H21N3O6/c1-14-4-3-5-17(10-14)26-22(29)13-28-23(30)20(27-25(28)33)12-18-8-9-21(34-18)19-11-16(24(31)32)7-6-15(19)2/h3-12H,13H2,1-2H3,(H,26,29)(H,27,33)(H,31,32)/b20-12+. The van der Waals surface area contributed by atoms with Crippen LogP contribution in [0.15, 0.2) is 64.7 Å². The van der Waals surface area contributed by atoms with Crippen molar-refractivity contribution in [2.24, 2.45) is 0 Å². The number of imide groups is 1. The van der Waals surface area contributed by atoms with Crippen molar-refractivity contribution < 1.29 is 28.7 Å². The number of aryl methyl sites for hydroxylation is 2. The van der Waals surface area contributed by atoms with Gasteiger partial charge in [-0.1, -0.05) is 18.2 Å². The van der Waals surface area contributed by atoms with Crippen LogP contribution in [0.5, 0.6) is 0 Å². The number of furan rings is 1. The first kappa shape index (κ1) is 22.5. The molecule has 0 spiro atoms. The third-order valence-electron chi connectivity index (χ3n) is 5.23. The van der Waals surface area contributed by atoms with Crippen LogP contribution in [0.2, 0.25) is 0 Å². The van der Waals surface area contributed by atoms with Crippen molar-refractivity contribution in [1.82, 2.24) is 10.2 Å². The lowest BCUT2D eigenvalue weighted by atomic mass is 10.0. The molecule has 0 unspecified atom stereocenters. The van der Waals surface area contributed by atoms with Crippen LogP contribution < -0.4 is 10.6 Å². The molecule has 0 aliphatic carbocycles. The second kappa shape index (κ2) is 9.07. The predicted molar refractivity (Wildman–Crippen MR) is 124 cm³/mol. The molecule has 4 amide bonds. The van der Waals surface area contributed by atoms with Gasteiger partial charge in [0.1, 0.15) is 23.8 Å². The van der Waals surface area contributed by atoms with E-state index in [1.165, 1.54) is 18.2 Å². The van der Waals surface area contributed by atoms with Gasteiger partial charge in [-0.15, -0.1) is 0 Å². The SMILES string of the molecule is Cc1cccc(NC(=O)CN2C(=O)N/C(=C/c3ccc(-c4cc(C(=O)O)ccc4C)o3)C2=O)c1. The zero-order chi connectivity index (χ0) is 24.4. The molecule has 4 rings (SSSR count). The Balaban J connectivity index is 1.49. The van der Waals surface area contributed by atoms with Crippen LogP contribution in [0, 0.1) is 13.8 Å². The van der Waals surface area contributed by atoms with E-state index in [-0.39, 0.29) is 17.0 Å². The highest BCUT2D eigenvalue weighted by Crippen LogP contribution is 2.28. The average Bonchev–Trinajstić information content (AvgIpc) is 3.34. The number of nitrogens with one attached hydrogen (secondary N) is 2. The average molecular weight is 459 g/mol. The molecule has 34 heavy (non-hydrogen) atoms. The van der Waals surface area contributed by atoms with Gasteiger partial charge in [-0.25, -0.2) is 14.5 Å². The number of hydrogen-bond donors (Lipinski definition) is 3. The van der Waals surface area contributed by atoms with Crippen LogP contribution in [0.25, 0.3) is 17.4 Å². The van der Waals surface area contributed by atoms with Crippen LogP contribution in [-0.4, -0.2) is 40.4 Å². The fourth-order valence-electron chi connectivity index (χ4n) is 3.52. The van der Waals surface area contributed by atoms with Crippen LogP contribution in [0.1, 0.15) is 27.2 Å². The number of hydrogen-bond acceptors (Lipinski definition) is 5. The number of aromatic carboxylic acids is 1. The second-order valence-corrected chi connectivity index (χ2v) is 7.83. The van der Waals surface area contributed by atoms with Crippen molar-refractivity contribution in [2.45, 2.75) is 13.8 Å². The number of rotatable bonds is 6. The minimum Gasteiger partial charge on any atom is -0.478 e. The maximum absolute atomic E-state index is 12.7. The van der Waals surface area contributed by atoms with E-state index in [1.54, 1.807) is 36.4 Å². The first-order valence-electron chi connectivity index (χ1n) is 10.4. The minimum absolute atomic E-state index is 0.0368. The highest BCUT2D eigenvalue weighted by atomic mass is 16.4. The first-order chi connectivity index (χ1) is 16.2. The largest absolute Gasteiger partial charge is 0.478 e. The van der Waals surface area contributed by atoms with Crippen LogP contribution in [-0.2, 0) is 9.59 Å². The van der Waals surface area contributed by atoms with Crippen LogP contribution in [0.3, 0.4) is 0 Å². The van der Waals surface area contributed by atoms with Gasteiger partial charge in [0.2, 0.25) is 5.91 Å². The van der Waals surface area contributed by atoms with Gasteiger partial charge in [-0.2, -0.15) is 0 Å². The Kier molecular flexibility index (Phi) is 6.01. The maximum atomic E-state index is 12.7. The molecule has 1 aliphatic rings. The molecule has 3 aromatic rings. The number of carbonyl (C=O) groups is 4. The van der Waals surface area contributed by atoms with E-state index in [4.69, 9.17) is 4.42 Å². The predicted octanol–water partition coefficient (Wildman–Crippen LogP) is 3.79. The first-order valence-corrected chi connectivity index (χ1v) is 10.4. The monoisotopic (exact) mass is 459 g/mol. The number of urea groups is 1. The summed E-state index contributed by atoms with van der Waals surface area (Å²) in [6.45, 7) is 3.26. The molecule has 9 nitrogen and oxygen atoms in total. The number of benzene rings is 2. The Bertz CT molecular complexity index is 1350. The van der Waals surface area contributed by atoms with Gasteiger partial charge < -0.3 is 20.2 Å². The number of amides is 4. The zero-order valence-corrected chi connectivity index (χ0v) is 18.4. The molecule has 9 heteroatoms. The summed E-state index contributed by atoms with van der Waals surface area (Å²) in [6, 6.07) is 14.4. The fraction of sp³-hybridized carbons (Fsp3) is 0.120. The molecule has 172 valence electrons. The lowest BCUT2D eigenvalue weighted by molar-refractivity contribution is -0.127. The third-order valence-corrected chi connectivity index (χ3v) is 5.23. The maximum Gasteiger partial charge on any atom is 0.335 e. The molecule has 1 saturated heterocycles. The quantitative estimate of drug-likeness (QED) is 0.380. The summed E-state index contributed by atoms with van der Waals surface area (Å²) in [4.78, 5) is 49.4. The molecule has 2 heterocycles. The van der Waals surface area contributed by atoms with Gasteiger partial charge in [-0.3, -0.25) is 9.59 Å². The smallest absolute Gasteiger partial charge is 0.335 e. The Morgan fingerprint density at radius 1 is 1.09 bits per heavy atom. The molecule has 1 fully saturated rings. The number of anilines is 1. The molecule has 0 radical (unpaired) electrons. The van der Waals surface area contributed by atoms with Gasteiger partial charge in [0.15, 0.2) is 0 Å². The highest BCUT2D eigenvalue weighted by molar-refractivity contribution is 6.15. The third kappa shape index (κ3) is 4.73. The lowest BCUT2D eigenvalue weighted by Crippen LogP contribution is -2.38. The number of nitrogens with zero attached hydrogens (tertiary/aromatic N) is 1. The van der Waals surface area contributed by atoms with Crippen molar-refractivity contribution >= 4 is 35.6 Å². The number of carboxylic acids is 1. The van der Waals surface area contributed by atoms with E-state index in [0.717, 1.165) is 16.0 Å². The van der Waals surface area contributed by atoms with Crippen molar-refractivity contribution in [3.63, 3.8) is 0 Å². The van der Waals surface area contributed by atoms with Gasteiger partial charge >= 0.3 is 12.0 Å². The van der Waals surface area contributed by atoms with Crippen molar-refractivity contribution in [2.75, 3.05) is 11.9 Å². The summed E-state index contributed by atoms with van der Waals surface area (Å²) in [7, 11) is 0. The molecule has 1 aromatic heterocycles. The van der Waals surface area contributed by atoms with Gasteiger partial charge in [0.25, 0.3) is 5.91 Å². The summed E-state index contributed by atoms with van der Waals surface area (Å²) >= 11 is 0. The summed E-state index contributed by atoms with van der Waals surface area (Å²) in [5.74, 6) is -1.53. The summed E-state index contributed by atoms with van der Waals surface area (Å²) in [6.07, 6.45) is 1.36. The van der Waals surface area contributed by atoms with Gasteiger partial charge in [0, 0.05) is 17.3 Å². The van der Waals surface area contributed by atoms with E-state index in [2.05, 4.69) is 10.6 Å². The summed E-state index contributed by atoms with van der Waals surface area (Å²) in [5, 5.41) is 14.3. The lowest BCUT2D eigenvalue weighted by Gasteiger charge is -2.12. The zero-order valence-electron chi connectivity index (χ0n) is 18.4. The molecule has 2 aromatic carbocycles. The van der Waals surface area contributed by atoms with Gasteiger partial charge in [0.05, 0.1) is 5.56 Å². The van der Waals surface area contributed by atoms with Crippen molar-refractivity contribution in [3.8, 4) is 11.3 Å². The molecule has 0 atom stereocenters. The molecular formula is C25H21N3O6. The fourth-order valence-corrected chi connectivity index (χ4v) is 3.52. The van der Waals surface area contributed by atoms with E-state index < -0.39 is 30.4 Å². The van der Waals surface area contributed by atoms with Crippen LogP contribution >= 0.6 is 0 Å². The molecule has 3 N–H and O–H groups in total. The van der Waals surface area contributed by atoms with Crippen molar-refractivity contribution in [3.05, 3.63) is 82.7 Å². The molecule has 0 bridgehead atoms. The van der Waals surface area contributed by atoms with E-state index in [9.17, 15) is 24.3 Å². The Labute approximate surface area is 194 Å². The Hall–Kier alpha value is -4.66. The van der Waals surface area contributed by atoms with Crippen molar-refractivity contribution in [1.29, 1.82) is 0 Å². The van der Waals surface area contributed by atoms with E-state index in [1.807, 2.05) is 19.9 Å². The van der Waals surface area contributed by atoms with E-state index >= 15 is 0 Å². The Morgan fingerprint density at radius 2 is 1.88 bits per heavy atom. The minimum atomic E-state index is -1.05. The Morgan fingerprint density at radius 3 is 2.62 bits per heavy atom. The topological polar surface area (TPSA) is 129 Å². The normalized spacial score (nSPS) is 14.4. The summed E-state index contributed by atoms with van der Waals surface area (Å²) in [5.41, 5.74) is 3.02. The molecular weight excluding hydrogens is 438 g/mol. The number of carboxylic acid groups (broad SMARTS) is 1. The second-order valence-electron chi connectivity index (χ2n) is 7.83. The van der Waals surface area contributed by atoms with Crippen LogP contribution in [0.4, 0.5) is 10.5 Å². The molecule has 1 aliphatic heterocycles. The summed E-state index contributed by atoms with van der Waals surface area (Å²) < 4.78 is 5.77. The van der Waals surface area contributed by atoms with E-state index in [0.29, 0.717) is 17.0 Å².